The number of hydrogen-bond donors (Lipinski definition) is 0. The normalized spacial score (nSPS) is 23.2. The first-order valence-electron chi connectivity index (χ1n) is 5.18. The van der Waals surface area contributed by atoms with Crippen molar-refractivity contribution in [2.24, 2.45) is 0 Å². The number of carbonyl (C=O) groups is 1. The molecule has 1 saturated heterocycles. The van der Waals surface area contributed by atoms with E-state index < -0.39 is 21.3 Å². The zero-order valence-corrected chi connectivity index (χ0v) is 10.4. The fourth-order valence-electron chi connectivity index (χ4n) is 1.74. The van der Waals surface area contributed by atoms with Crippen LogP contribution in [0.2, 0.25) is 0 Å². The first kappa shape index (κ1) is 12.9. The predicted molar refractivity (Wildman–Crippen MR) is 59.3 cm³/mol. The van der Waals surface area contributed by atoms with Gasteiger partial charge in [0.15, 0.2) is 0 Å². The maximum Gasteiger partial charge on any atom is 0.239 e. The highest BCUT2D eigenvalue weighted by molar-refractivity contribution is 7.89. The summed E-state index contributed by atoms with van der Waals surface area (Å²) < 4.78 is 24.9. The molecule has 1 aliphatic rings. The van der Waals surface area contributed by atoms with E-state index in [4.69, 9.17) is 11.6 Å². The van der Waals surface area contributed by atoms with Crippen LogP contribution in [-0.4, -0.2) is 36.3 Å². The van der Waals surface area contributed by atoms with Crippen molar-refractivity contribution in [3.63, 3.8) is 0 Å². The third kappa shape index (κ3) is 3.16. The van der Waals surface area contributed by atoms with Crippen molar-refractivity contribution < 1.29 is 13.2 Å². The van der Waals surface area contributed by atoms with Gasteiger partial charge in [0.2, 0.25) is 15.3 Å². The molecule has 0 aromatic rings. The number of nitrogens with zero attached hydrogens (tertiary/aromatic N) is 1. The van der Waals surface area contributed by atoms with E-state index in [-0.39, 0.29) is 5.75 Å². The second-order valence-electron chi connectivity index (χ2n) is 3.74. The van der Waals surface area contributed by atoms with Gasteiger partial charge in [-0.15, -0.1) is 0 Å². The molecule has 0 radical (unpaired) electrons. The van der Waals surface area contributed by atoms with Crippen molar-refractivity contribution in [2.75, 3.05) is 12.3 Å². The molecule has 0 aromatic carbocycles. The Morgan fingerprint density at radius 2 is 2.20 bits per heavy atom. The quantitative estimate of drug-likeness (QED) is 0.695. The molecule has 15 heavy (non-hydrogen) atoms. The maximum absolute atomic E-state index is 11.8. The fraction of sp³-hybridized carbons (Fsp3) is 0.889. The lowest BCUT2D eigenvalue weighted by Crippen LogP contribution is -2.40. The van der Waals surface area contributed by atoms with E-state index in [9.17, 15) is 13.2 Å². The fourth-order valence-corrected chi connectivity index (χ4v) is 3.91. The SMILES string of the molecule is CCCCS(=O)(=O)N1CCCC1C(=O)Cl. The monoisotopic (exact) mass is 253 g/mol. The Labute approximate surface area is 95.6 Å². The number of sulfonamides is 1. The predicted octanol–water partition coefficient (Wildman–Crippen LogP) is 1.35. The third-order valence-corrected chi connectivity index (χ3v) is 4.79. The van der Waals surface area contributed by atoms with E-state index in [1.807, 2.05) is 6.92 Å². The number of halogens is 1. The Morgan fingerprint density at radius 1 is 1.53 bits per heavy atom. The molecule has 1 fully saturated rings. The number of hydrogen-bond acceptors (Lipinski definition) is 3. The summed E-state index contributed by atoms with van der Waals surface area (Å²) in [5.74, 6) is 0.115. The number of carbonyl (C=O) groups excluding carboxylic acids is 1. The smallest absolute Gasteiger partial charge is 0.239 e. The van der Waals surface area contributed by atoms with E-state index in [1.165, 1.54) is 4.31 Å². The molecule has 1 rings (SSSR count). The summed E-state index contributed by atoms with van der Waals surface area (Å²) in [6, 6.07) is -0.631. The molecule has 1 aliphatic heterocycles. The van der Waals surface area contributed by atoms with Gasteiger partial charge in [-0.2, -0.15) is 4.31 Å². The molecule has 0 saturated carbocycles. The second kappa shape index (κ2) is 5.27. The van der Waals surface area contributed by atoms with Gasteiger partial charge in [0.25, 0.3) is 0 Å². The van der Waals surface area contributed by atoms with Gasteiger partial charge in [0, 0.05) is 6.54 Å². The summed E-state index contributed by atoms with van der Waals surface area (Å²) in [6.45, 7) is 2.36. The van der Waals surface area contributed by atoms with Gasteiger partial charge in [-0.25, -0.2) is 8.42 Å². The van der Waals surface area contributed by atoms with E-state index >= 15 is 0 Å². The molecule has 0 aromatic heterocycles. The van der Waals surface area contributed by atoms with Crippen molar-refractivity contribution in [3.05, 3.63) is 0 Å². The van der Waals surface area contributed by atoms with Crippen LogP contribution in [-0.2, 0) is 14.8 Å². The highest BCUT2D eigenvalue weighted by Crippen LogP contribution is 2.23. The first-order chi connectivity index (χ1) is 6.99. The van der Waals surface area contributed by atoms with Crippen LogP contribution in [0.1, 0.15) is 32.6 Å². The third-order valence-electron chi connectivity index (χ3n) is 2.58. The van der Waals surface area contributed by atoms with Crippen LogP contribution in [0.3, 0.4) is 0 Å². The molecule has 0 spiro atoms. The summed E-state index contributed by atoms with van der Waals surface area (Å²) >= 11 is 5.37. The van der Waals surface area contributed by atoms with Crippen molar-refractivity contribution in [1.29, 1.82) is 0 Å². The standard InChI is InChI=1S/C9H16ClNO3S/c1-2-3-7-15(13,14)11-6-4-5-8(11)9(10)12/h8H,2-7H2,1H3. The largest absolute Gasteiger partial charge is 0.279 e. The van der Waals surface area contributed by atoms with Crippen molar-refractivity contribution in [3.8, 4) is 0 Å². The van der Waals surface area contributed by atoms with Gasteiger partial charge < -0.3 is 0 Å². The highest BCUT2D eigenvalue weighted by atomic mass is 35.5. The van der Waals surface area contributed by atoms with Crippen LogP contribution < -0.4 is 0 Å². The van der Waals surface area contributed by atoms with Gasteiger partial charge in [-0.3, -0.25) is 4.79 Å². The highest BCUT2D eigenvalue weighted by Gasteiger charge is 2.37. The van der Waals surface area contributed by atoms with E-state index in [2.05, 4.69) is 0 Å². The average molecular weight is 254 g/mol. The Morgan fingerprint density at radius 3 is 2.73 bits per heavy atom. The number of rotatable bonds is 5. The lowest BCUT2D eigenvalue weighted by molar-refractivity contribution is -0.114. The van der Waals surface area contributed by atoms with Crippen molar-refractivity contribution in [1.82, 2.24) is 4.31 Å². The Hall–Kier alpha value is -0.130. The maximum atomic E-state index is 11.8. The summed E-state index contributed by atoms with van der Waals surface area (Å²) in [6.07, 6.45) is 2.72. The zero-order chi connectivity index (χ0) is 11.5. The van der Waals surface area contributed by atoms with Crippen LogP contribution in [0.4, 0.5) is 0 Å². The Bertz CT molecular complexity index is 328. The minimum absolute atomic E-state index is 0.115. The molecule has 4 nitrogen and oxygen atoms in total. The Kier molecular flexibility index (Phi) is 4.55. The summed E-state index contributed by atoms with van der Waals surface area (Å²) in [5, 5.41) is -0.562. The van der Waals surface area contributed by atoms with E-state index in [1.54, 1.807) is 0 Å². The van der Waals surface area contributed by atoms with Gasteiger partial charge in [0.05, 0.1) is 11.8 Å². The summed E-state index contributed by atoms with van der Waals surface area (Å²) in [7, 11) is -3.29. The van der Waals surface area contributed by atoms with E-state index in [0.717, 1.165) is 6.42 Å². The molecule has 6 heteroatoms. The van der Waals surface area contributed by atoms with Gasteiger partial charge in [0.1, 0.15) is 0 Å². The Balaban J connectivity index is 2.73. The lowest BCUT2D eigenvalue weighted by atomic mass is 10.2. The molecule has 1 atom stereocenters. The van der Waals surface area contributed by atoms with Crippen LogP contribution >= 0.6 is 11.6 Å². The second-order valence-corrected chi connectivity index (χ2v) is 6.16. The number of unbranched alkanes of at least 4 members (excludes halogenated alkanes) is 1. The molecule has 0 bridgehead atoms. The van der Waals surface area contributed by atoms with Crippen LogP contribution in [0.15, 0.2) is 0 Å². The molecule has 88 valence electrons. The minimum atomic E-state index is -3.29. The molecular formula is C9H16ClNO3S. The summed E-state index contributed by atoms with van der Waals surface area (Å²) in [4.78, 5) is 11.0. The molecule has 1 unspecified atom stereocenters. The first-order valence-corrected chi connectivity index (χ1v) is 7.16. The molecule has 0 N–H and O–H groups in total. The van der Waals surface area contributed by atoms with Gasteiger partial charge >= 0.3 is 0 Å². The molecule has 1 heterocycles. The molecule has 0 amide bonds. The lowest BCUT2D eigenvalue weighted by Gasteiger charge is -2.20. The van der Waals surface area contributed by atoms with Gasteiger partial charge in [-0.05, 0) is 30.9 Å². The average Bonchev–Trinajstić information content (AvgIpc) is 2.63. The van der Waals surface area contributed by atoms with Crippen molar-refractivity contribution in [2.45, 2.75) is 38.6 Å². The minimum Gasteiger partial charge on any atom is -0.279 e. The van der Waals surface area contributed by atoms with Crippen LogP contribution in [0.25, 0.3) is 0 Å². The van der Waals surface area contributed by atoms with E-state index in [0.29, 0.717) is 25.8 Å². The zero-order valence-electron chi connectivity index (χ0n) is 8.78. The van der Waals surface area contributed by atoms with Crippen LogP contribution in [0.5, 0.6) is 0 Å². The van der Waals surface area contributed by atoms with Crippen LogP contribution in [0, 0.1) is 0 Å². The van der Waals surface area contributed by atoms with Gasteiger partial charge in [-0.1, -0.05) is 13.3 Å². The molecule has 0 aliphatic carbocycles. The topological polar surface area (TPSA) is 54.5 Å². The summed E-state index contributed by atoms with van der Waals surface area (Å²) in [5.41, 5.74) is 0. The molecular weight excluding hydrogens is 238 g/mol. The van der Waals surface area contributed by atoms with Crippen molar-refractivity contribution >= 4 is 26.9 Å².